The van der Waals surface area contributed by atoms with Crippen molar-refractivity contribution in [3.05, 3.63) is 18.2 Å². The molecule has 1 saturated carbocycles. The third kappa shape index (κ3) is 2.80. The molecule has 0 radical (unpaired) electrons. The lowest BCUT2D eigenvalue weighted by Crippen LogP contribution is -2.38. The molecule has 1 N–H and O–H groups in total. The largest absolute Gasteiger partial charge is 0.335 e. The lowest BCUT2D eigenvalue weighted by molar-refractivity contribution is -0.120. The van der Waals surface area contributed by atoms with Crippen molar-refractivity contribution in [1.82, 2.24) is 14.9 Å². The van der Waals surface area contributed by atoms with Crippen molar-refractivity contribution in [3.63, 3.8) is 0 Å². The summed E-state index contributed by atoms with van der Waals surface area (Å²) in [5.41, 5.74) is 0. The maximum Gasteiger partial charge on any atom is 0.157 e. The smallest absolute Gasteiger partial charge is 0.157 e. The molecule has 2 fully saturated rings. The number of hydrogen-bond acceptors (Lipinski definition) is 3. The van der Waals surface area contributed by atoms with Gasteiger partial charge < -0.3 is 9.88 Å². The van der Waals surface area contributed by atoms with E-state index in [1.807, 2.05) is 6.20 Å². The van der Waals surface area contributed by atoms with Gasteiger partial charge in [-0.25, -0.2) is 4.98 Å². The van der Waals surface area contributed by atoms with Gasteiger partial charge in [-0.1, -0.05) is 19.8 Å². The highest BCUT2D eigenvalue weighted by molar-refractivity contribution is 5.86. The van der Waals surface area contributed by atoms with Gasteiger partial charge in [0.2, 0.25) is 0 Å². The third-order valence-electron chi connectivity index (χ3n) is 4.85. The lowest BCUT2D eigenvalue weighted by Gasteiger charge is -2.24. The van der Waals surface area contributed by atoms with Crippen molar-refractivity contribution in [1.29, 1.82) is 0 Å². The normalized spacial score (nSPS) is 29.4. The topological polar surface area (TPSA) is 46.9 Å². The van der Waals surface area contributed by atoms with Crippen LogP contribution in [0.4, 0.5) is 0 Å². The first-order valence-corrected chi connectivity index (χ1v) is 8.06. The van der Waals surface area contributed by atoms with Crippen molar-refractivity contribution in [2.75, 3.05) is 0 Å². The zero-order chi connectivity index (χ0) is 13.9. The SMILES string of the molecule is CCCn1ccnc1CC(=O)C1CC2CCCCC2N1. The van der Waals surface area contributed by atoms with Crippen molar-refractivity contribution in [2.24, 2.45) is 5.92 Å². The van der Waals surface area contributed by atoms with Gasteiger partial charge in [0.25, 0.3) is 0 Å². The minimum Gasteiger partial charge on any atom is -0.335 e. The van der Waals surface area contributed by atoms with Crippen molar-refractivity contribution >= 4 is 5.78 Å². The summed E-state index contributed by atoms with van der Waals surface area (Å²) < 4.78 is 2.11. The number of aryl methyl sites for hydroxylation is 1. The van der Waals surface area contributed by atoms with Crippen LogP contribution in [-0.4, -0.2) is 27.4 Å². The molecule has 3 unspecified atom stereocenters. The summed E-state index contributed by atoms with van der Waals surface area (Å²) in [5, 5.41) is 3.57. The summed E-state index contributed by atoms with van der Waals surface area (Å²) in [5.74, 6) is 1.98. The molecule has 3 rings (SSSR count). The molecule has 110 valence electrons. The molecule has 1 saturated heterocycles. The van der Waals surface area contributed by atoms with Gasteiger partial charge in [0.1, 0.15) is 5.82 Å². The van der Waals surface area contributed by atoms with Crippen LogP contribution < -0.4 is 5.32 Å². The monoisotopic (exact) mass is 275 g/mol. The molecule has 3 atom stereocenters. The number of ketones is 1. The second-order valence-electron chi connectivity index (χ2n) is 6.29. The number of nitrogens with one attached hydrogen (secondary N) is 1. The summed E-state index contributed by atoms with van der Waals surface area (Å²) in [6.07, 6.45) is 11.6. The Bertz CT molecular complexity index is 454. The van der Waals surface area contributed by atoms with Gasteiger partial charge in [0.15, 0.2) is 5.78 Å². The van der Waals surface area contributed by atoms with Gasteiger partial charge in [-0.15, -0.1) is 0 Å². The lowest BCUT2D eigenvalue weighted by atomic mass is 9.84. The fourth-order valence-electron chi connectivity index (χ4n) is 3.79. The number of nitrogens with zero attached hydrogens (tertiary/aromatic N) is 2. The molecule has 4 nitrogen and oxygen atoms in total. The quantitative estimate of drug-likeness (QED) is 0.897. The number of Topliss-reactive ketones (excluding diaryl/α,β-unsaturated/α-hetero) is 1. The maximum absolute atomic E-state index is 12.5. The fraction of sp³-hybridized carbons (Fsp3) is 0.750. The second-order valence-corrected chi connectivity index (χ2v) is 6.29. The van der Waals surface area contributed by atoms with E-state index >= 15 is 0 Å². The minimum absolute atomic E-state index is 0.0647. The predicted octanol–water partition coefficient (Wildman–Crippen LogP) is 2.33. The number of carbonyl (C=O) groups excluding carboxylic acids is 1. The first-order chi connectivity index (χ1) is 9.78. The van der Waals surface area contributed by atoms with Crippen molar-refractivity contribution in [3.8, 4) is 0 Å². The van der Waals surface area contributed by atoms with Crippen molar-refractivity contribution < 1.29 is 4.79 Å². The molecule has 0 bridgehead atoms. The van der Waals surface area contributed by atoms with Crippen LogP contribution in [0, 0.1) is 5.92 Å². The molecule has 20 heavy (non-hydrogen) atoms. The van der Waals surface area contributed by atoms with Crippen LogP contribution in [-0.2, 0) is 17.8 Å². The first-order valence-electron chi connectivity index (χ1n) is 8.06. The number of rotatable bonds is 5. The number of fused-ring (bicyclic) bond motifs is 1. The highest BCUT2D eigenvalue weighted by atomic mass is 16.1. The Morgan fingerprint density at radius 1 is 1.45 bits per heavy atom. The predicted molar refractivity (Wildman–Crippen MR) is 78.5 cm³/mol. The Morgan fingerprint density at radius 2 is 2.30 bits per heavy atom. The Kier molecular flexibility index (Phi) is 4.20. The molecule has 0 spiro atoms. The van der Waals surface area contributed by atoms with Crippen LogP contribution in [0.15, 0.2) is 12.4 Å². The number of hydrogen-bond donors (Lipinski definition) is 1. The molecule has 1 aliphatic carbocycles. The molecular weight excluding hydrogens is 250 g/mol. The molecule has 2 heterocycles. The Labute approximate surface area is 121 Å². The van der Waals surface area contributed by atoms with Crippen molar-refractivity contribution in [2.45, 2.75) is 70.5 Å². The average molecular weight is 275 g/mol. The van der Waals surface area contributed by atoms with Gasteiger partial charge in [-0.05, 0) is 31.6 Å². The zero-order valence-electron chi connectivity index (χ0n) is 12.3. The molecule has 1 aromatic heterocycles. The van der Waals surface area contributed by atoms with E-state index < -0.39 is 0 Å². The molecule has 2 aliphatic rings. The van der Waals surface area contributed by atoms with E-state index in [1.165, 1.54) is 25.7 Å². The highest BCUT2D eigenvalue weighted by Crippen LogP contribution is 2.33. The molecule has 4 heteroatoms. The second kappa shape index (κ2) is 6.08. The summed E-state index contributed by atoms with van der Waals surface area (Å²) in [4.78, 5) is 16.8. The maximum atomic E-state index is 12.5. The van der Waals surface area contributed by atoms with Gasteiger partial charge in [0.05, 0.1) is 12.5 Å². The minimum atomic E-state index is 0.0647. The van der Waals surface area contributed by atoms with Gasteiger partial charge in [0, 0.05) is 25.0 Å². The Morgan fingerprint density at radius 3 is 3.10 bits per heavy atom. The number of imidazole rings is 1. The Balaban J connectivity index is 1.60. The summed E-state index contributed by atoms with van der Waals surface area (Å²) >= 11 is 0. The van der Waals surface area contributed by atoms with Gasteiger partial charge >= 0.3 is 0 Å². The standard InChI is InChI=1S/C16H25N3O/c1-2-8-19-9-7-17-16(19)11-15(20)14-10-12-5-3-4-6-13(12)18-14/h7,9,12-14,18H,2-6,8,10-11H2,1H3. The number of carbonyl (C=O) groups is 1. The molecule has 1 aliphatic heterocycles. The number of aromatic nitrogens is 2. The van der Waals surface area contributed by atoms with Crippen LogP contribution in [0.2, 0.25) is 0 Å². The van der Waals surface area contributed by atoms with Gasteiger partial charge in [-0.3, -0.25) is 4.79 Å². The van der Waals surface area contributed by atoms with E-state index in [2.05, 4.69) is 21.8 Å². The molecular formula is C16H25N3O. The first kappa shape index (κ1) is 13.8. The molecule has 0 amide bonds. The van der Waals surface area contributed by atoms with E-state index in [4.69, 9.17) is 0 Å². The van der Waals surface area contributed by atoms with E-state index in [0.717, 1.165) is 31.1 Å². The van der Waals surface area contributed by atoms with E-state index in [-0.39, 0.29) is 6.04 Å². The van der Waals surface area contributed by atoms with Crippen LogP contribution in [0.1, 0.15) is 51.3 Å². The molecule has 0 aromatic carbocycles. The summed E-state index contributed by atoms with van der Waals surface area (Å²) in [6.45, 7) is 3.10. The Hall–Kier alpha value is -1.16. The summed E-state index contributed by atoms with van der Waals surface area (Å²) in [6, 6.07) is 0.656. The van der Waals surface area contributed by atoms with E-state index in [1.54, 1.807) is 6.20 Å². The van der Waals surface area contributed by atoms with Crippen LogP contribution in [0.25, 0.3) is 0 Å². The summed E-state index contributed by atoms with van der Waals surface area (Å²) in [7, 11) is 0. The third-order valence-corrected chi connectivity index (χ3v) is 4.85. The fourth-order valence-corrected chi connectivity index (χ4v) is 3.79. The van der Waals surface area contributed by atoms with E-state index in [9.17, 15) is 4.79 Å². The zero-order valence-corrected chi connectivity index (χ0v) is 12.3. The average Bonchev–Trinajstić information content (AvgIpc) is 3.06. The highest BCUT2D eigenvalue weighted by Gasteiger charge is 2.38. The van der Waals surface area contributed by atoms with Crippen LogP contribution in [0.5, 0.6) is 0 Å². The molecule has 1 aromatic rings. The van der Waals surface area contributed by atoms with Crippen LogP contribution >= 0.6 is 0 Å². The van der Waals surface area contributed by atoms with Gasteiger partial charge in [-0.2, -0.15) is 0 Å². The van der Waals surface area contributed by atoms with E-state index in [0.29, 0.717) is 18.2 Å². The van der Waals surface area contributed by atoms with Crippen LogP contribution in [0.3, 0.4) is 0 Å².